The lowest BCUT2D eigenvalue weighted by molar-refractivity contribution is 0.412. The fourth-order valence-corrected chi connectivity index (χ4v) is 3.44. The minimum Gasteiger partial charge on any atom is -0.254 e. The predicted octanol–water partition coefficient (Wildman–Crippen LogP) is 0.502. The zero-order valence-corrected chi connectivity index (χ0v) is 13.3. The first-order valence-corrected chi connectivity index (χ1v) is 8.75. The van der Waals surface area contributed by atoms with Crippen LogP contribution >= 0.6 is 0 Å². The van der Waals surface area contributed by atoms with Gasteiger partial charge in [0.15, 0.2) is 0 Å². The molecule has 0 aliphatic carbocycles. The third-order valence-corrected chi connectivity index (χ3v) is 5.01. The van der Waals surface area contributed by atoms with Gasteiger partial charge in [-0.1, -0.05) is 30.3 Å². The van der Waals surface area contributed by atoms with E-state index in [1.807, 2.05) is 30.3 Å². The quantitative estimate of drug-likeness (QED) is 0.591. The topological polar surface area (TPSA) is 82.3 Å². The zero-order chi connectivity index (χ0) is 15.3. The van der Waals surface area contributed by atoms with E-state index in [0.717, 1.165) is 12.0 Å². The highest BCUT2D eigenvalue weighted by Gasteiger charge is 2.29. The first kappa shape index (κ1) is 16.4. The maximum atomic E-state index is 11.9. The molecular formula is C14H24N4O2S. The second-order valence-electron chi connectivity index (χ2n) is 5.52. The van der Waals surface area contributed by atoms with Crippen LogP contribution in [0.25, 0.3) is 0 Å². The van der Waals surface area contributed by atoms with Crippen molar-refractivity contribution >= 4 is 10.2 Å². The molecule has 0 amide bonds. The van der Waals surface area contributed by atoms with Crippen LogP contribution in [0.15, 0.2) is 30.3 Å². The van der Waals surface area contributed by atoms with Crippen LogP contribution in [0, 0.1) is 5.92 Å². The molecule has 0 bridgehead atoms. The summed E-state index contributed by atoms with van der Waals surface area (Å²) in [5.41, 5.74) is 7.28. The van der Waals surface area contributed by atoms with E-state index < -0.39 is 10.2 Å². The molecule has 2 unspecified atom stereocenters. The Morgan fingerprint density at radius 3 is 2.29 bits per heavy atom. The Bertz CT molecular complexity index is 525. The van der Waals surface area contributed by atoms with Gasteiger partial charge in [-0.3, -0.25) is 10.9 Å². The van der Waals surface area contributed by atoms with E-state index in [1.165, 1.54) is 0 Å². The highest BCUT2D eigenvalue weighted by Crippen LogP contribution is 2.17. The van der Waals surface area contributed by atoms with Crippen molar-refractivity contribution in [2.45, 2.75) is 38.9 Å². The standard InChI is InChI=1S/C14H24N4O2S/c1-11-14(12(2)18-17-11)8-9-15-21(19,20)16-10-13-6-4-3-5-7-13/h3-7,11-12,14-18H,8-10H2,1-2H3. The summed E-state index contributed by atoms with van der Waals surface area (Å²) in [6, 6.07) is 10.2. The molecule has 0 aromatic heterocycles. The minimum atomic E-state index is -3.45. The Hall–Kier alpha value is -0.990. The van der Waals surface area contributed by atoms with Crippen LogP contribution in [0.1, 0.15) is 25.8 Å². The van der Waals surface area contributed by atoms with Gasteiger partial charge in [-0.05, 0) is 31.7 Å². The second kappa shape index (κ2) is 7.33. The third kappa shape index (κ3) is 5.05. The lowest BCUT2D eigenvalue weighted by Crippen LogP contribution is -2.38. The molecule has 1 aromatic rings. The number of hydrazine groups is 1. The maximum Gasteiger partial charge on any atom is 0.277 e. The number of benzene rings is 1. The Labute approximate surface area is 126 Å². The molecule has 6 nitrogen and oxygen atoms in total. The zero-order valence-electron chi connectivity index (χ0n) is 12.5. The van der Waals surface area contributed by atoms with Gasteiger partial charge >= 0.3 is 0 Å². The number of nitrogens with one attached hydrogen (secondary N) is 4. The van der Waals surface area contributed by atoms with E-state index in [2.05, 4.69) is 34.1 Å². The van der Waals surface area contributed by atoms with Crippen molar-refractivity contribution in [3.05, 3.63) is 35.9 Å². The first-order valence-electron chi connectivity index (χ1n) is 7.27. The third-order valence-electron chi connectivity index (χ3n) is 3.90. The molecular weight excluding hydrogens is 288 g/mol. The molecule has 1 aromatic carbocycles. The van der Waals surface area contributed by atoms with E-state index in [0.29, 0.717) is 31.1 Å². The lowest BCUT2D eigenvalue weighted by Gasteiger charge is -2.18. The predicted molar refractivity (Wildman–Crippen MR) is 83.5 cm³/mol. The van der Waals surface area contributed by atoms with Crippen LogP contribution in [0.4, 0.5) is 0 Å². The first-order chi connectivity index (χ1) is 9.98. The summed E-state index contributed by atoms with van der Waals surface area (Å²) >= 11 is 0. The molecule has 2 rings (SSSR count). The highest BCUT2D eigenvalue weighted by atomic mass is 32.2. The monoisotopic (exact) mass is 312 g/mol. The molecule has 1 saturated heterocycles. The Morgan fingerprint density at radius 2 is 1.67 bits per heavy atom. The lowest BCUT2D eigenvalue weighted by atomic mass is 9.93. The van der Waals surface area contributed by atoms with Crippen molar-refractivity contribution in [2.24, 2.45) is 5.92 Å². The normalized spacial score (nSPS) is 26.1. The second-order valence-corrected chi connectivity index (χ2v) is 7.11. The van der Waals surface area contributed by atoms with Gasteiger partial charge in [0.1, 0.15) is 0 Å². The van der Waals surface area contributed by atoms with Gasteiger partial charge < -0.3 is 0 Å². The van der Waals surface area contributed by atoms with Crippen molar-refractivity contribution < 1.29 is 8.42 Å². The van der Waals surface area contributed by atoms with Crippen molar-refractivity contribution in [3.63, 3.8) is 0 Å². The molecule has 0 spiro atoms. The fourth-order valence-electron chi connectivity index (χ4n) is 2.60. The largest absolute Gasteiger partial charge is 0.277 e. The Balaban J connectivity index is 1.74. The van der Waals surface area contributed by atoms with Crippen LogP contribution in [0.2, 0.25) is 0 Å². The van der Waals surface area contributed by atoms with Crippen LogP contribution in [0.5, 0.6) is 0 Å². The molecule has 1 aliphatic heterocycles. The fraction of sp³-hybridized carbons (Fsp3) is 0.571. The molecule has 4 N–H and O–H groups in total. The average molecular weight is 312 g/mol. The van der Waals surface area contributed by atoms with E-state index in [4.69, 9.17) is 0 Å². The van der Waals surface area contributed by atoms with Crippen LogP contribution in [-0.4, -0.2) is 27.0 Å². The molecule has 21 heavy (non-hydrogen) atoms. The van der Waals surface area contributed by atoms with Crippen LogP contribution in [-0.2, 0) is 16.8 Å². The number of rotatable bonds is 7. The van der Waals surface area contributed by atoms with Crippen molar-refractivity contribution in [2.75, 3.05) is 6.54 Å². The van der Waals surface area contributed by atoms with Gasteiger partial charge in [-0.25, -0.2) is 4.72 Å². The van der Waals surface area contributed by atoms with Crippen LogP contribution < -0.4 is 20.3 Å². The molecule has 0 saturated carbocycles. The number of hydrogen-bond acceptors (Lipinski definition) is 4. The molecule has 1 fully saturated rings. The number of hydrogen-bond donors (Lipinski definition) is 4. The summed E-state index contributed by atoms with van der Waals surface area (Å²) in [5, 5.41) is 0. The molecule has 1 heterocycles. The molecule has 2 atom stereocenters. The minimum absolute atomic E-state index is 0.301. The SMILES string of the molecule is CC1NNC(C)C1CCNS(=O)(=O)NCc1ccccc1. The van der Waals surface area contributed by atoms with Crippen LogP contribution in [0.3, 0.4) is 0 Å². The summed E-state index contributed by atoms with van der Waals surface area (Å²) in [6.07, 6.45) is 0.800. The van der Waals surface area contributed by atoms with Gasteiger partial charge in [-0.2, -0.15) is 13.1 Å². The molecule has 0 radical (unpaired) electrons. The van der Waals surface area contributed by atoms with Gasteiger partial charge in [0.05, 0.1) is 0 Å². The maximum absolute atomic E-state index is 11.9. The van der Waals surface area contributed by atoms with E-state index in [-0.39, 0.29) is 0 Å². The highest BCUT2D eigenvalue weighted by molar-refractivity contribution is 7.87. The Morgan fingerprint density at radius 1 is 1.05 bits per heavy atom. The van der Waals surface area contributed by atoms with E-state index in [1.54, 1.807) is 0 Å². The molecule has 1 aliphatic rings. The Kier molecular flexibility index (Phi) is 5.72. The van der Waals surface area contributed by atoms with E-state index >= 15 is 0 Å². The van der Waals surface area contributed by atoms with Gasteiger partial charge in [0.25, 0.3) is 10.2 Å². The summed E-state index contributed by atoms with van der Waals surface area (Å²) < 4.78 is 28.9. The summed E-state index contributed by atoms with van der Waals surface area (Å²) in [7, 11) is -3.45. The average Bonchev–Trinajstić information content (AvgIpc) is 2.78. The summed E-state index contributed by atoms with van der Waals surface area (Å²) in [5.74, 6) is 0.418. The van der Waals surface area contributed by atoms with Gasteiger partial charge in [0.2, 0.25) is 0 Å². The van der Waals surface area contributed by atoms with Crippen molar-refractivity contribution in [1.82, 2.24) is 20.3 Å². The van der Waals surface area contributed by atoms with Crippen molar-refractivity contribution in [1.29, 1.82) is 0 Å². The summed E-state index contributed by atoms with van der Waals surface area (Å²) in [4.78, 5) is 0. The van der Waals surface area contributed by atoms with Crippen molar-refractivity contribution in [3.8, 4) is 0 Å². The molecule has 7 heteroatoms. The van der Waals surface area contributed by atoms with E-state index in [9.17, 15) is 8.42 Å². The van der Waals surface area contributed by atoms with Gasteiger partial charge in [0, 0.05) is 25.2 Å². The smallest absolute Gasteiger partial charge is 0.254 e. The van der Waals surface area contributed by atoms with Gasteiger partial charge in [-0.15, -0.1) is 0 Å². The summed E-state index contributed by atoms with van der Waals surface area (Å²) in [6.45, 7) is 4.94. The molecule has 118 valence electrons.